The molecule has 106 valence electrons. The predicted molar refractivity (Wildman–Crippen MR) is 82.6 cm³/mol. The van der Waals surface area contributed by atoms with Crippen LogP contribution in [0.2, 0.25) is 0 Å². The molecule has 19 heavy (non-hydrogen) atoms. The molecule has 2 N–H and O–H groups in total. The van der Waals surface area contributed by atoms with Crippen molar-refractivity contribution in [2.24, 2.45) is 0 Å². The third-order valence-electron chi connectivity index (χ3n) is 3.89. The fraction of sp³-hybridized carbons (Fsp3) is 0.647. The summed E-state index contributed by atoms with van der Waals surface area (Å²) in [6.07, 6.45) is 3.87. The van der Waals surface area contributed by atoms with Crippen LogP contribution in [0.3, 0.4) is 0 Å². The van der Waals surface area contributed by atoms with Crippen molar-refractivity contribution in [3.8, 4) is 0 Å². The molecular weight excluding hydrogens is 232 g/mol. The van der Waals surface area contributed by atoms with Gasteiger partial charge in [0, 0.05) is 17.5 Å². The van der Waals surface area contributed by atoms with E-state index in [4.69, 9.17) is 0 Å². The first kappa shape index (κ1) is 14.5. The molecule has 0 saturated heterocycles. The lowest BCUT2D eigenvalue weighted by atomic mass is 9.96. The van der Waals surface area contributed by atoms with Crippen LogP contribution in [0.5, 0.6) is 0 Å². The smallest absolute Gasteiger partial charge is 0.00965 e. The van der Waals surface area contributed by atoms with Gasteiger partial charge in [-0.15, -0.1) is 0 Å². The predicted octanol–water partition coefficient (Wildman–Crippen LogP) is 3.09. The summed E-state index contributed by atoms with van der Waals surface area (Å²) in [6.45, 7) is 9.98. The summed E-state index contributed by atoms with van der Waals surface area (Å²) in [6, 6.07) is 11.0. The van der Waals surface area contributed by atoms with E-state index >= 15 is 0 Å². The Morgan fingerprint density at radius 3 is 2.32 bits per heavy atom. The van der Waals surface area contributed by atoms with Crippen molar-refractivity contribution < 1.29 is 0 Å². The molecule has 0 spiro atoms. The van der Waals surface area contributed by atoms with Gasteiger partial charge >= 0.3 is 0 Å². The third kappa shape index (κ3) is 4.63. The molecule has 1 aliphatic rings. The molecule has 1 aromatic carbocycles. The van der Waals surface area contributed by atoms with Crippen LogP contribution in [0.1, 0.15) is 45.6 Å². The Hall–Kier alpha value is -0.860. The maximum Gasteiger partial charge on any atom is 0.00965 e. The van der Waals surface area contributed by atoms with Crippen LogP contribution >= 0.6 is 0 Å². The Morgan fingerprint density at radius 2 is 1.74 bits per heavy atom. The van der Waals surface area contributed by atoms with Gasteiger partial charge in [0.1, 0.15) is 0 Å². The van der Waals surface area contributed by atoms with Gasteiger partial charge in [-0.3, -0.25) is 0 Å². The Kier molecular flexibility index (Phi) is 4.64. The number of rotatable bonds is 7. The molecule has 1 aromatic rings. The van der Waals surface area contributed by atoms with E-state index in [1.165, 1.54) is 24.8 Å². The average Bonchev–Trinajstić information content (AvgIpc) is 3.15. The molecule has 1 saturated carbocycles. The van der Waals surface area contributed by atoms with Crippen LogP contribution in [-0.4, -0.2) is 25.2 Å². The van der Waals surface area contributed by atoms with Crippen molar-refractivity contribution in [1.82, 2.24) is 10.6 Å². The van der Waals surface area contributed by atoms with Gasteiger partial charge in [-0.25, -0.2) is 0 Å². The monoisotopic (exact) mass is 260 g/mol. The lowest BCUT2D eigenvalue weighted by Gasteiger charge is -2.21. The standard InChI is InChI=1S/C17H28N2/c1-16(2,3)19-13-7-12-18-14-17(10-11-17)15-8-5-4-6-9-15/h4-6,8-9,18-19H,7,10-14H2,1-3H3. The van der Waals surface area contributed by atoms with Gasteiger partial charge in [-0.1, -0.05) is 30.3 Å². The van der Waals surface area contributed by atoms with Crippen LogP contribution in [0.4, 0.5) is 0 Å². The number of hydrogen-bond acceptors (Lipinski definition) is 2. The van der Waals surface area contributed by atoms with Crippen molar-refractivity contribution >= 4 is 0 Å². The highest BCUT2D eigenvalue weighted by Crippen LogP contribution is 2.47. The van der Waals surface area contributed by atoms with E-state index in [9.17, 15) is 0 Å². The first-order valence-corrected chi connectivity index (χ1v) is 7.53. The van der Waals surface area contributed by atoms with Gasteiger partial charge in [-0.2, -0.15) is 0 Å². The lowest BCUT2D eigenvalue weighted by molar-refractivity contribution is 0.416. The molecule has 0 atom stereocenters. The summed E-state index contributed by atoms with van der Waals surface area (Å²) in [5, 5.41) is 7.16. The molecule has 0 aliphatic heterocycles. The quantitative estimate of drug-likeness (QED) is 0.736. The molecule has 2 nitrogen and oxygen atoms in total. The molecule has 0 radical (unpaired) electrons. The Morgan fingerprint density at radius 1 is 1.05 bits per heavy atom. The van der Waals surface area contributed by atoms with Gasteiger partial charge in [0.15, 0.2) is 0 Å². The summed E-state index contributed by atoms with van der Waals surface area (Å²) in [5.74, 6) is 0. The fourth-order valence-corrected chi connectivity index (χ4v) is 2.51. The van der Waals surface area contributed by atoms with Gasteiger partial charge in [0.2, 0.25) is 0 Å². The maximum absolute atomic E-state index is 3.63. The van der Waals surface area contributed by atoms with E-state index in [1.54, 1.807) is 0 Å². The first-order valence-electron chi connectivity index (χ1n) is 7.53. The lowest BCUT2D eigenvalue weighted by Crippen LogP contribution is -2.38. The second kappa shape index (κ2) is 6.06. The van der Waals surface area contributed by atoms with Gasteiger partial charge in [-0.05, 0) is 58.7 Å². The Labute approximate surface area is 118 Å². The molecule has 0 unspecified atom stereocenters. The molecule has 0 amide bonds. The van der Waals surface area contributed by atoms with Crippen molar-refractivity contribution in [3.05, 3.63) is 35.9 Å². The molecule has 1 fully saturated rings. The normalized spacial score (nSPS) is 17.4. The zero-order valence-electron chi connectivity index (χ0n) is 12.6. The second-order valence-electron chi connectivity index (χ2n) is 6.85. The van der Waals surface area contributed by atoms with Crippen LogP contribution in [0.25, 0.3) is 0 Å². The SMILES string of the molecule is CC(C)(C)NCCCNCC1(c2ccccc2)CC1. The summed E-state index contributed by atoms with van der Waals surface area (Å²) >= 11 is 0. The largest absolute Gasteiger partial charge is 0.316 e. The summed E-state index contributed by atoms with van der Waals surface area (Å²) < 4.78 is 0. The van der Waals surface area contributed by atoms with E-state index in [1.807, 2.05) is 0 Å². The highest BCUT2D eigenvalue weighted by molar-refractivity contribution is 5.31. The average molecular weight is 260 g/mol. The number of hydrogen-bond donors (Lipinski definition) is 2. The fourth-order valence-electron chi connectivity index (χ4n) is 2.51. The van der Waals surface area contributed by atoms with Crippen LogP contribution in [0, 0.1) is 0 Å². The zero-order valence-corrected chi connectivity index (χ0v) is 12.6. The van der Waals surface area contributed by atoms with Gasteiger partial charge < -0.3 is 10.6 Å². The maximum atomic E-state index is 3.63. The topological polar surface area (TPSA) is 24.1 Å². The molecule has 1 aliphatic carbocycles. The Bertz CT molecular complexity index is 374. The number of nitrogens with one attached hydrogen (secondary N) is 2. The van der Waals surface area contributed by atoms with Crippen LogP contribution in [-0.2, 0) is 5.41 Å². The molecule has 2 rings (SSSR count). The van der Waals surface area contributed by atoms with E-state index in [2.05, 4.69) is 61.7 Å². The second-order valence-corrected chi connectivity index (χ2v) is 6.85. The minimum atomic E-state index is 0.238. The highest BCUT2D eigenvalue weighted by Gasteiger charge is 2.43. The van der Waals surface area contributed by atoms with E-state index in [0.29, 0.717) is 5.41 Å². The van der Waals surface area contributed by atoms with Crippen molar-refractivity contribution in [2.75, 3.05) is 19.6 Å². The van der Waals surface area contributed by atoms with Crippen molar-refractivity contribution in [2.45, 2.75) is 51.0 Å². The van der Waals surface area contributed by atoms with Gasteiger partial charge in [0.25, 0.3) is 0 Å². The summed E-state index contributed by atoms with van der Waals surface area (Å²) in [5.41, 5.74) is 2.19. The molecule has 0 aromatic heterocycles. The van der Waals surface area contributed by atoms with Gasteiger partial charge in [0.05, 0.1) is 0 Å². The van der Waals surface area contributed by atoms with E-state index in [-0.39, 0.29) is 5.54 Å². The van der Waals surface area contributed by atoms with Crippen LogP contribution < -0.4 is 10.6 Å². The van der Waals surface area contributed by atoms with Crippen molar-refractivity contribution in [1.29, 1.82) is 0 Å². The molecule has 0 bridgehead atoms. The third-order valence-corrected chi connectivity index (χ3v) is 3.89. The molecule has 2 heteroatoms. The Balaban J connectivity index is 1.64. The highest BCUT2D eigenvalue weighted by atomic mass is 15.0. The molecule has 0 heterocycles. The summed E-state index contributed by atoms with van der Waals surface area (Å²) in [4.78, 5) is 0. The van der Waals surface area contributed by atoms with E-state index < -0.39 is 0 Å². The number of benzene rings is 1. The summed E-state index contributed by atoms with van der Waals surface area (Å²) in [7, 11) is 0. The first-order chi connectivity index (χ1) is 9.02. The molecular formula is C17H28N2. The van der Waals surface area contributed by atoms with Crippen LogP contribution in [0.15, 0.2) is 30.3 Å². The minimum Gasteiger partial charge on any atom is -0.316 e. The zero-order chi connectivity index (χ0) is 13.8. The minimum absolute atomic E-state index is 0.238. The van der Waals surface area contributed by atoms with Crippen molar-refractivity contribution in [3.63, 3.8) is 0 Å². The van der Waals surface area contributed by atoms with E-state index in [0.717, 1.165) is 19.6 Å².